The third kappa shape index (κ3) is 4.76. The summed E-state index contributed by atoms with van der Waals surface area (Å²) in [5, 5.41) is 7.52. The number of hydrogen-bond donors (Lipinski definition) is 0. The Morgan fingerprint density at radius 3 is 2.84 bits per heavy atom. The summed E-state index contributed by atoms with van der Waals surface area (Å²) in [6.07, 6.45) is 6.47. The normalized spacial score (nSPS) is 15.8. The molecule has 134 valence electrons. The van der Waals surface area contributed by atoms with Gasteiger partial charge in [-0.3, -0.25) is 9.69 Å². The lowest BCUT2D eigenvalue weighted by Gasteiger charge is -2.22. The number of carbonyl (C=O) groups excluding carboxylic acids is 1. The average Bonchev–Trinajstić information content (AvgIpc) is 3.05. The molecule has 1 amide bonds. The molecule has 2 aromatic rings. The molecular weight excluding hydrogens is 320 g/mol. The SMILES string of the molecule is COc1ncccc1CN1CCCN(C(=O)CCn2cnnc2)CC1. The van der Waals surface area contributed by atoms with Crippen LogP contribution in [0.4, 0.5) is 0 Å². The summed E-state index contributed by atoms with van der Waals surface area (Å²) in [7, 11) is 1.64. The predicted octanol–water partition coefficient (Wildman–Crippen LogP) is 0.806. The van der Waals surface area contributed by atoms with Crippen LogP contribution in [0.3, 0.4) is 0 Å². The molecule has 3 heterocycles. The van der Waals surface area contributed by atoms with Crippen LogP contribution in [-0.2, 0) is 17.9 Å². The molecule has 1 saturated heterocycles. The number of hydrogen-bond acceptors (Lipinski definition) is 6. The largest absolute Gasteiger partial charge is 0.481 e. The zero-order valence-corrected chi connectivity index (χ0v) is 14.5. The number of nitrogens with zero attached hydrogens (tertiary/aromatic N) is 6. The van der Waals surface area contributed by atoms with E-state index in [0.29, 0.717) is 18.8 Å². The van der Waals surface area contributed by atoms with E-state index in [1.165, 1.54) is 0 Å². The fraction of sp³-hybridized carbons (Fsp3) is 0.529. The van der Waals surface area contributed by atoms with Crippen LogP contribution in [0, 0.1) is 0 Å². The van der Waals surface area contributed by atoms with Gasteiger partial charge in [0.15, 0.2) is 0 Å². The zero-order chi connectivity index (χ0) is 17.5. The van der Waals surface area contributed by atoms with Gasteiger partial charge in [0.05, 0.1) is 7.11 Å². The first kappa shape index (κ1) is 17.3. The molecule has 25 heavy (non-hydrogen) atoms. The summed E-state index contributed by atoms with van der Waals surface area (Å²) in [6.45, 7) is 4.80. The Morgan fingerprint density at radius 2 is 2.04 bits per heavy atom. The highest BCUT2D eigenvalue weighted by atomic mass is 16.5. The average molecular weight is 344 g/mol. The lowest BCUT2D eigenvalue weighted by molar-refractivity contribution is -0.131. The van der Waals surface area contributed by atoms with Crippen LogP contribution in [0.2, 0.25) is 0 Å². The second-order valence-electron chi connectivity index (χ2n) is 6.13. The van der Waals surface area contributed by atoms with Gasteiger partial charge in [-0.2, -0.15) is 0 Å². The first-order valence-electron chi connectivity index (χ1n) is 8.56. The monoisotopic (exact) mass is 344 g/mol. The number of methoxy groups -OCH3 is 1. The van der Waals surface area contributed by atoms with Crippen molar-refractivity contribution in [3.63, 3.8) is 0 Å². The second-order valence-corrected chi connectivity index (χ2v) is 6.13. The van der Waals surface area contributed by atoms with Crippen LogP contribution in [0.15, 0.2) is 31.0 Å². The quantitative estimate of drug-likeness (QED) is 0.772. The number of pyridine rings is 1. The number of amides is 1. The fourth-order valence-corrected chi connectivity index (χ4v) is 3.07. The molecule has 2 aromatic heterocycles. The van der Waals surface area contributed by atoms with Gasteiger partial charge in [-0.05, 0) is 12.5 Å². The third-order valence-electron chi connectivity index (χ3n) is 4.43. The smallest absolute Gasteiger partial charge is 0.224 e. The lowest BCUT2D eigenvalue weighted by Crippen LogP contribution is -2.35. The summed E-state index contributed by atoms with van der Waals surface area (Å²) in [4.78, 5) is 21.0. The van der Waals surface area contributed by atoms with E-state index in [-0.39, 0.29) is 5.91 Å². The van der Waals surface area contributed by atoms with E-state index in [2.05, 4.69) is 20.1 Å². The van der Waals surface area contributed by atoms with Crippen LogP contribution in [0.1, 0.15) is 18.4 Å². The summed E-state index contributed by atoms with van der Waals surface area (Å²) < 4.78 is 7.16. The zero-order valence-electron chi connectivity index (χ0n) is 14.5. The van der Waals surface area contributed by atoms with Crippen molar-refractivity contribution in [2.45, 2.75) is 25.9 Å². The van der Waals surface area contributed by atoms with Gasteiger partial charge in [-0.1, -0.05) is 6.07 Å². The van der Waals surface area contributed by atoms with E-state index in [4.69, 9.17) is 4.74 Å². The minimum absolute atomic E-state index is 0.189. The van der Waals surface area contributed by atoms with Crippen LogP contribution < -0.4 is 4.74 Å². The molecule has 0 aliphatic carbocycles. The van der Waals surface area contributed by atoms with Crippen molar-refractivity contribution in [2.75, 3.05) is 33.3 Å². The molecule has 8 nitrogen and oxygen atoms in total. The lowest BCUT2D eigenvalue weighted by atomic mass is 10.2. The molecule has 3 rings (SSSR count). The summed E-state index contributed by atoms with van der Waals surface area (Å²) >= 11 is 0. The number of carbonyl (C=O) groups is 1. The highest BCUT2D eigenvalue weighted by Crippen LogP contribution is 2.17. The molecule has 0 aromatic carbocycles. The first-order chi connectivity index (χ1) is 12.3. The molecule has 0 N–H and O–H groups in total. The van der Waals surface area contributed by atoms with E-state index in [1.54, 1.807) is 26.0 Å². The molecule has 0 bridgehead atoms. The minimum atomic E-state index is 0.189. The van der Waals surface area contributed by atoms with Crippen molar-refractivity contribution in [1.29, 1.82) is 0 Å². The minimum Gasteiger partial charge on any atom is -0.481 e. The molecule has 0 spiro atoms. The van der Waals surface area contributed by atoms with E-state index in [0.717, 1.165) is 44.7 Å². The fourth-order valence-electron chi connectivity index (χ4n) is 3.07. The van der Waals surface area contributed by atoms with Crippen molar-refractivity contribution < 1.29 is 9.53 Å². The molecule has 1 aliphatic rings. The Balaban J connectivity index is 1.50. The van der Waals surface area contributed by atoms with Gasteiger partial charge in [0.1, 0.15) is 12.7 Å². The maximum absolute atomic E-state index is 12.4. The van der Waals surface area contributed by atoms with Crippen molar-refractivity contribution in [3.05, 3.63) is 36.5 Å². The molecule has 1 aliphatic heterocycles. The predicted molar refractivity (Wildman–Crippen MR) is 91.9 cm³/mol. The Kier molecular flexibility index (Phi) is 5.95. The summed E-state index contributed by atoms with van der Waals surface area (Å²) in [6, 6.07) is 3.97. The Labute approximate surface area is 147 Å². The van der Waals surface area contributed by atoms with Crippen molar-refractivity contribution in [1.82, 2.24) is 29.5 Å². The highest BCUT2D eigenvalue weighted by molar-refractivity contribution is 5.76. The number of aromatic nitrogens is 4. The Morgan fingerprint density at radius 1 is 1.20 bits per heavy atom. The molecule has 1 fully saturated rings. The molecule has 0 unspecified atom stereocenters. The molecule has 0 saturated carbocycles. The van der Waals surface area contributed by atoms with Gasteiger partial charge in [0, 0.05) is 57.4 Å². The molecular formula is C17H24N6O2. The van der Waals surface area contributed by atoms with Crippen molar-refractivity contribution in [2.24, 2.45) is 0 Å². The molecule has 0 radical (unpaired) electrons. The van der Waals surface area contributed by atoms with Crippen LogP contribution in [0.25, 0.3) is 0 Å². The van der Waals surface area contributed by atoms with Gasteiger partial charge in [-0.25, -0.2) is 4.98 Å². The number of rotatable bonds is 6. The number of aryl methyl sites for hydroxylation is 1. The topological polar surface area (TPSA) is 76.4 Å². The first-order valence-corrected chi connectivity index (χ1v) is 8.56. The van der Waals surface area contributed by atoms with E-state index in [9.17, 15) is 4.79 Å². The summed E-state index contributed by atoms with van der Waals surface area (Å²) in [5.41, 5.74) is 1.08. The second kappa shape index (κ2) is 8.57. The van der Waals surface area contributed by atoms with E-state index < -0.39 is 0 Å². The maximum Gasteiger partial charge on any atom is 0.224 e. The third-order valence-corrected chi connectivity index (χ3v) is 4.43. The Hall–Kier alpha value is -2.48. The van der Waals surface area contributed by atoms with Gasteiger partial charge in [-0.15, -0.1) is 10.2 Å². The van der Waals surface area contributed by atoms with Crippen LogP contribution in [0.5, 0.6) is 5.88 Å². The Bertz CT molecular complexity index is 676. The molecule has 8 heteroatoms. The maximum atomic E-state index is 12.4. The van der Waals surface area contributed by atoms with Gasteiger partial charge >= 0.3 is 0 Å². The van der Waals surface area contributed by atoms with E-state index >= 15 is 0 Å². The van der Waals surface area contributed by atoms with Crippen LogP contribution in [-0.4, -0.2) is 68.7 Å². The number of ether oxygens (including phenoxy) is 1. The highest BCUT2D eigenvalue weighted by Gasteiger charge is 2.20. The van der Waals surface area contributed by atoms with Crippen molar-refractivity contribution in [3.8, 4) is 5.88 Å². The van der Waals surface area contributed by atoms with Gasteiger partial charge in [0.2, 0.25) is 11.8 Å². The van der Waals surface area contributed by atoms with E-state index in [1.807, 2.05) is 21.6 Å². The van der Waals surface area contributed by atoms with Crippen molar-refractivity contribution >= 4 is 5.91 Å². The van der Waals surface area contributed by atoms with Gasteiger partial charge < -0.3 is 14.2 Å². The standard InChI is InChI=1S/C17H24N6O2/c1-25-17-15(4-2-6-18-17)12-21-7-3-8-23(11-10-21)16(24)5-9-22-13-19-20-14-22/h2,4,6,13-14H,3,5,7-12H2,1H3. The summed E-state index contributed by atoms with van der Waals surface area (Å²) in [5.74, 6) is 0.864. The van der Waals surface area contributed by atoms with Crippen LogP contribution >= 0.6 is 0 Å². The van der Waals surface area contributed by atoms with Gasteiger partial charge in [0.25, 0.3) is 0 Å². The molecule has 0 atom stereocenters.